The first kappa shape index (κ1) is 22.6. The van der Waals surface area contributed by atoms with E-state index in [1.165, 1.54) is 18.4 Å². The molecule has 2 heterocycles. The van der Waals surface area contributed by atoms with E-state index in [1.807, 2.05) is 34.9 Å². The summed E-state index contributed by atoms with van der Waals surface area (Å²) < 4.78 is 7.31. The molecule has 1 aromatic carbocycles. The molecule has 0 spiro atoms. The minimum atomic E-state index is -0.316. The Bertz CT molecular complexity index is 975. The first-order chi connectivity index (χ1) is 15.7. The van der Waals surface area contributed by atoms with Crippen molar-refractivity contribution in [1.29, 1.82) is 0 Å². The summed E-state index contributed by atoms with van der Waals surface area (Å²) in [5.41, 5.74) is 4.26. The van der Waals surface area contributed by atoms with Crippen LogP contribution in [-0.2, 0) is 24.1 Å². The van der Waals surface area contributed by atoms with Crippen LogP contribution in [0.5, 0.6) is 0 Å². The van der Waals surface area contributed by atoms with Crippen molar-refractivity contribution in [2.75, 3.05) is 36.5 Å². The molecule has 1 aliphatic heterocycles. The van der Waals surface area contributed by atoms with Gasteiger partial charge in [-0.05, 0) is 68.0 Å². The predicted octanol–water partition coefficient (Wildman–Crippen LogP) is 4.40. The van der Waals surface area contributed by atoms with Gasteiger partial charge in [0.1, 0.15) is 5.56 Å². The summed E-state index contributed by atoms with van der Waals surface area (Å²) in [6, 6.07) is 9.71. The van der Waals surface area contributed by atoms with Gasteiger partial charge in [-0.15, -0.1) is 0 Å². The van der Waals surface area contributed by atoms with Gasteiger partial charge >= 0.3 is 0 Å². The molecule has 0 saturated carbocycles. The number of pyridine rings is 1. The second-order valence-corrected chi connectivity index (χ2v) is 8.85. The molecule has 2 aliphatic rings. The third kappa shape index (κ3) is 5.23. The molecule has 0 bridgehead atoms. The molecule has 0 unspecified atom stereocenters. The number of rotatable bonds is 6. The number of morpholine rings is 1. The van der Waals surface area contributed by atoms with Gasteiger partial charge in [-0.1, -0.05) is 26.2 Å². The fourth-order valence-corrected chi connectivity index (χ4v) is 4.72. The summed E-state index contributed by atoms with van der Waals surface area (Å²) >= 11 is 0. The maximum atomic E-state index is 13.3. The fourth-order valence-electron chi connectivity index (χ4n) is 4.72. The average Bonchev–Trinajstić information content (AvgIpc) is 2.80. The Balaban J connectivity index is 1.57. The maximum absolute atomic E-state index is 13.3. The Labute approximate surface area is 190 Å². The van der Waals surface area contributed by atoms with Crippen LogP contribution < -0.4 is 15.8 Å². The zero-order chi connectivity index (χ0) is 22.3. The van der Waals surface area contributed by atoms with E-state index in [9.17, 15) is 9.59 Å². The molecular weight excluding hydrogens is 402 g/mol. The lowest BCUT2D eigenvalue weighted by Gasteiger charge is -2.28. The van der Waals surface area contributed by atoms with E-state index < -0.39 is 0 Å². The number of aryl methyl sites for hydroxylation is 1. The van der Waals surface area contributed by atoms with Crippen LogP contribution in [0.1, 0.15) is 67.1 Å². The molecule has 1 aliphatic carbocycles. The molecule has 172 valence electrons. The van der Waals surface area contributed by atoms with Crippen LogP contribution in [0.3, 0.4) is 0 Å². The average molecular weight is 438 g/mol. The lowest BCUT2D eigenvalue weighted by molar-refractivity contribution is 0.102. The van der Waals surface area contributed by atoms with E-state index in [2.05, 4.69) is 17.1 Å². The SMILES string of the molecule is CCCCn1c2c(cc(C(=O)Nc3ccc(N4CCOCC4)cc3)c1=O)CCCCCC2. The Kier molecular flexibility index (Phi) is 7.63. The maximum Gasteiger partial charge on any atom is 0.263 e. The van der Waals surface area contributed by atoms with Gasteiger partial charge in [0.25, 0.3) is 11.5 Å². The van der Waals surface area contributed by atoms with Crippen LogP contribution in [0, 0.1) is 0 Å². The Morgan fingerprint density at radius 3 is 2.47 bits per heavy atom. The molecule has 6 nitrogen and oxygen atoms in total. The van der Waals surface area contributed by atoms with E-state index >= 15 is 0 Å². The molecule has 4 rings (SSSR count). The number of hydrogen-bond acceptors (Lipinski definition) is 4. The summed E-state index contributed by atoms with van der Waals surface area (Å²) in [5, 5.41) is 2.95. The van der Waals surface area contributed by atoms with Gasteiger partial charge < -0.3 is 19.5 Å². The largest absolute Gasteiger partial charge is 0.378 e. The number of benzene rings is 1. The number of fused-ring (bicyclic) bond motifs is 1. The van der Waals surface area contributed by atoms with Crippen molar-refractivity contribution in [1.82, 2.24) is 4.57 Å². The zero-order valence-corrected chi connectivity index (χ0v) is 19.2. The molecule has 2 aromatic rings. The van der Waals surface area contributed by atoms with E-state index in [0.717, 1.165) is 76.2 Å². The standard InChI is InChI=1S/C26H35N3O3/c1-2-3-14-29-24-9-7-5-4-6-8-20(24)19-23(26(29)31)25(30)27-21-10-12-22(13-11-21)28-15-17-32-18-16-28/h10-13,19H,2-9,14-18H2,1H3,(H,27,30). The summed E-state index contributed by atoms with van der Waals surface area (Å²) in [6.45, 7) is 6.04. The predicted molar refractivity (Wildman–Crippen MR) is 129 cm³/mol. The molecule has 1 amide bonds. The Morgan fingerprint density at radius 2 is 1.75 bits per heavy atom. The van der Waals surface area contributed by atoms with Crippen molar-refractivity contribution >= 4 is 17.3 Å². The van der Waals surface area contributed by atoms with Gasteiger partial charge in [-0.25, -0.2) is 0 Å². The van der Waals surface area contributed by atoms with Crippen molar-refractivity contribution in [2.24, 2.45) is 0 Å². The van der Waals surface area contributed by atoms with Gasteiger partial charge in [0.2, 0.25) is 0 Å². The Hall–Kier alpha value is -2.60. The highest BCUT2D eigenvalue weighted by molar-refractivity contribution is 6.04. The second-order valence-electron chi connectivity index (χ2n) is 8.85. The van der Waals surface area contributed by atoms with Gasteiger partial charge in [-0.2, -0.15) is 0 Å². The third-order valence-corrected chi connectivity index (χ3v) is 6.58. The highest BCUT2D eigenvalue weighted by Crippen LogP contribution is 2.22. The van der Waals surface area contributed by atoms with Gasteiger partial charge in [0, 0.05) is 36.7 Å². The number of hydrogen-bond donors (Lipinski definition) is 1. The number of anilines is 2. The molecule has 0 atom stereocenters. The third-order valence-electron chi connectivity index (χ3n) is 6.58. The lowest BCUT2D eigenvalue weighted by Crippen LogP contribution is -2.36. The minimum Gasteiger partial charge on any atom is -0.378 e. The van der Waals surface area contributed by atoms with Gasteiger partial charge in [-0.3, -0.25) is 9.59 Å². The van der Waals surface area contributed by atoms with E-state index in [0.29, 0.717) is 12.2 Å². The Morgan fingerprint density at radius 1 is 1.03 bits per heavy atom. The van der Waals surface area contributed by atoms with Crippen LogP contribution in [-0.4, -0.2) is 36.8 Å². The number of carbonyl (C=O) groups excluding carboxylic acids is 1. The molecule has 0 radical (unpaired) electrons. The number of unbranched alkanes of at least 4 members (excludes halogenated alkanes) is 1. The number of nitrogens with one attached hydrogen (secondary N) is 1. The molecule has 1 N–H and O–H groups in total. The summed E-state index contributed by atoms with van der Waals surface area (Å²) in [7, 11) is 0. The van der Waals surface area contributed by atoms with Crippen molar-refractivity contribution in [3.63, 3.8) is 0 Å². The van der Waals surface area contributed by atoms with Crippen molar-refractivity contribution in [3.05, 3.63) is 57.5 Å². The summed E-state index contributed by atoms with van der Waals surface area (Å²) in [4.78, 5) is 28.7. The minimum absolute atomic E-state index is 0.153. The molecular formula is C26H35N3O3. The van der Waals surface area contributed by atoms with Crippen LogP contribution in [0.25, 0.3) is 0 Å². The number of carbonyl (C=O) groups is 1. The first-order valence-corrected chi connectivity index (χ1v) is 12.2. The van der Waals surface area contributed by atoms with E-state index in [1.54, 1.807) is 0 Å². The zero-order valence-electron chi connectivity index (χ0n) is 19.2. The highest BCUT2D eigenvalue weighted by atomic mass is 16.5. The quantitative estimate of drug-likeness (QED) is 0.728. The highest BCUT2D eigenvalue weighted by Gasteiger charge is 2.20. The number of nitrogens with zero attached hydrogens (tertiary/aromatic N) is 2. The summed E-state index contributed by atoms with van der Waals surface area (Å²) in [5.74, 6) is -0.316. The van der Waals surface area contributed by atoms with Crippen LogP contribution >= 0.6 is 0 Å². The molecule has 1 aromatic heterocycles. The summed E-state index contributed by atoms with van der Waals surface area (Å²) in [6.07, 6.45) is 8.49. The number of aromatic nitrogens is 1. The van der Waals surface area contributed by atoms with E-state index in [-0.39, 0.29) is 17.0 Å². The lowest BCUT2D eigenvalue weighted by atomic mass is 9.95. The topological polar surface area (TPSA) is 63.6 Å². The molecule has 32 heavy (non-hydrogen) atoms. The van der Waals surface area contributed by atoms with Gasteiger partial charge in [0.15, 0.2) is 0 Å². The van der Waals surface area contributed by atoms with E-state index in [4.69, 9.17) is 4.74 Å². The van der Waals surface area contributed by atoms with Gasteiger partial charge in [0.05, 0.1) is 13.2 Å². The van der Waals surface area contributed by atoms with Crippen LogP contribution in [0.15, 0.2) is 35.1 Å². The second kappa shape index (κ2) is 10.8. The number of ether oxygens (including phenoxy) is 1. The van der Waals surface area contributed by atoms with Crippen molar-refractivity contribution < 1.29 is 9.53 Å². The first-order valence-electron chi connectivity index (χ1n) is 12.2. The monoisotopic (exact) mass is 437 g/mol. The normalized spacial score (nSPS) is 16.7. The van der Waals surface area contributed by atoms with Crippen molar-refractivity contribution in [3.8, 4) is 0 Å². The molecule has 6 heteroatoms. The van der Waals surface area contributed by atoms with Crippen LogP contribution in [0.4, 0.5) is 11.4 Å². The molecule has 1 fully saturated rings. The smallest absolute Gasteiger partial charge is 0.263 e. The number of amides is 1. The van der Waals surface area contributed by atoms with Crippen LogP contribution in [0.2, 0.25) is 0 Å². The van der Waals surface area contributed by atoms with Crippen molar-refractivity contribution in [2.45, 2.75) is 64.8 Å². The molecule has 1 saturated heterocycles. The fraction of sp³-hybridized carbons (Fsp3) is 0.538.